The number of aromatic nitrogens is 1. The van der Waals surface area contributed by atoms with Crippen LogP contribution in [0, 0.1) is 0 Å². The van der Waals surface area contributed by atoms with E-state index in [9.17, 15) is 4.79 Å². The van der Waals surface area contributed by atoms with Crippen LogP contribution in [0.5, 0.6) is 0 Å². The van der Waals surface area contributed by atoms with E-state index in [1.807, 2.05) is 24.4 Å². The Morgan fingerprint density at radius 2 is 2.26 bits per heavy atom. The van der Waals surface area contributed by atoms with Crippen molar-refractivity contribution in [2.45, 2.75) is 12.8 Å². The van der Waals surface area contributed by atoms with Gasteiger partial charge in [-0.25, -0.2) is 0 Å². The molecule has 2 N–H and O–H groups in total. The van der Waals surface area contributed by atoms with Gasteiger partial charge in [-0.1, -0.05) is 5.11 Å². The molecule has 0 aliphatic rings. The maximum Gasteiger partial charge on any atom is 0.251 e. The number of azide groups is 1. The summed E-state index contributed by atoms with van der Waals surface area (Å²) in [5.41, 5.74) is 9.79. The number of hydrogen-bond donors (Lipinski definition) is 2. The van der Waals surface area contributed by atoms with Crippen LogP contribution in [0.3, 0.4) is 0 Å². The molecule has 0 spiro atoms. The van der Waals surface area contributed by atoms with Gasteiger partial charge in [0.2, 0.25) is 0 Å². The number of amides is 1. The number of aromatic amines is 1. The summed E-state index contributed by atoms with van der Waals surface area (Å²) in [7, 11) is 0. The Bertz CT molecular complexity index is 612. The van der Waals surface area contributed by atoms with Crippen molar-refractivity contribution in [3.05, 3.63) is 46.5 Å². The fourth-order valence-electron chi connectivity index (χ4n) is 1.85. The smallest absolute Gasteiger partial charge is 0.251 e. The van der Waals surface area contributed by atoms with Gasteiger partial charge < -0.3 is 10.3 Å². The molecule has 6 heteroatoms. The molecule has 0 saturated carbocycles. The largest absolute Gasteiger partial charge is 0.361 e. The Labute approximate surface area is 110 Å². The van der Waals surface area contributed by atoms with E-state index in [1.54, 1.807) is 6.07 Å². The summed E-state index contributed by atoms with van der Waals surface area (Å²) in [4.78, 5) is 17.7. The molecule has 1 aromatic heterocycles. The lowest BCUT2D eigenvalue weighted by Gasteiger charge is -2.04. The zero-order chi connectivity index (χ0) is 13.5. The summed E-state index contributed by atoms with van der Waals surface area (Å²) < 4.78 is 0. The van der Waals surface area contributed by atoms with Crippen LogP contribution in [0.25, 0.3) is 21.3 Å². The minimum atomic E-state index is -0.0770. The maximum absolute atomic E-state index is 11.9. The topological polar surface area (TPSA) is 93.7 Å². The minimum absolute atomic E-state index is 0.0770. The molecule has 0 unspecified atom stereocenters. The third-order valence-electron chi connectivity index (χ3n) is 2.85. The molecule has 0 fully saturated rings. The number of nitrogens with one attached hydrogen (secondary N) is 2. The first kappa shape index (κ1) is 13.0. The number of nitrogens with zero attached hydrogens (tertiary/aromatic N) is 3. The number of fused-ring (bicyclic) bond motifs is 1. The Morgan fingerprint density at radius 1 is 1.37 bits per heavy atom. The van der Waals surface area contributed by atoms with Crippen molar-refractivity contribution in [1.82, 2.24) is 10.3 Å². The molecule has 6 nitrogen and oxygen atoms in total. The SMILES string of the molecule is [N-]=[N+]=NCCCCNC(=O)c1ccc2[nH]ccc2c1. The normalized spacial score (nSPS) is 10.1. The molecule has 2 aromatic rings. The summed E-state index contributed by atoms with van der Waals surface area (Å²) in [6.45, 7) is 1.06. The Balaban J connectivity index is 1.83. The highest BCUT2D eigenvalue weighted by atomic mass is 16.1. The van der Waals surface area contributed by atoms with E-state index >= 15 is 0 Å². The van der Waals surface area contributed by atoms with Crippen LogP contribution in [0.15, 0.2) is 35.6 Å². The number of unbranched alkanes of at least 4 members (excludes halogenated alkanes) is 1. The Kier molecular flexibility index (Phi) is 4.42. The first-order valence-corrected chi connectivity index (χ1v) is 6.17. The fraction of sp³-hybridized carbons (Fsp3) is 0.308. The van der Waals surface area contributed by atoms with E-state index < -0.39 is 0 Å². The van der Waals surface area contributed by atoms with E-state index in [4.69, 9.17) is 5.53 Å². The first-order valence-electron chi connectivity index (χ1n) is 6.17. The zero-order valence-electron chi connectivity index (χ0n) is 10.5. The van der Waals surface area contributed by atoms with Gasteiger partial charge in [0, 0.05) is 40.7 Å². The van der Waals surface area contributed by atoms with Gasteiger partial charge in [-0.3, -0.25) is 4.79 Å². The van der Waals surface area contributed by atoms with Gasteiger partial charge in [0.1, 0.15) is 0 Å². The summed E-state index contributed by atoms with van der Waals surface area (Å²) in [5.74, 6) is -0.0770. The summed E-state index contributed by atoms with van der Waals surface area (Å²) >= 11 is 0. The van der Waals surface area contributed by atoms with Crippen molar-refractivity contribution in [3.8, 4) is 0 Å². The second kappa shape index (κ2) is 6.47. The summed E-state index contributed by atoms with van der Waals surface area (Å²) in [5, 5.41) is 7.31. The minimum Gasteiger partial charge on any atom is -0.361 e. The lowest BCUT2D eigenvalue weighted by Crippen LogP contribution is -2.24. The molecule has 0 atom stereocenters. The quantitative estimate of drug-likeness (QED) is 0.354. The molecule has 98 valence electrons. The summed E-state index contributed by atoms with van der Waals surface area (Å²) in [6.07, 6.45) is 3.43. The van der Waals surface area contributed by atoms with Gasteiger partial charge in [-0.05, 0) is 42.6 Å². The molecule has 1 heterocycles. The molecule has 2 rings (SSSR count). The predicted octanol–water partition coefficient (Wildman–Crippen LogP) is 2.99. The average Bonchev–Trinajstić information content (AvgIpc) is 2.89. The molecular weight excluding hydrogens is 242 g/mol. The van der Waals surface area contributed by atoms with E-state index in [0.717, 1.165) is 23.7 Å². The first-order chi connectivity index (χ1) is 9.31. The van der Waals surface area contributed by atoms with Crippen LogP contribution >= 0.6 is 0 Å². The molecule has 1 aromatic carbocycles. The highest BCUT2D eigenvalue weighted by Gasteiger charge is 2.05. The van der Waals surface area contributed by atoms with Gasteiger partial charge in [0.05, 0.1) is 0 Å². The molecular formula is C13H15N5O. The molecule has 0 saturated heterocycles. The predicted molar refractivity (Wildman–Crippen MR) is 73.9 cm³/mol. The van der Waals surface area contributed by atoms with E-state index in [0.29, 0.717) is 18.7 Å². The molecule has 19 heavy (non-hydrogen) atoms. The second-order valence-electron chi connectivity index (χ2n) is 4.20. The van der Waals surface area contributed by atoms with Gasteiger partial charge in [-0.15, -0.1) is 0 Å². The van der Waals surface area contributed by atoms with Crippen molar-refractivity contribution in [3.63, 3.8) is 0 Å². The van der Waals surface area contributed by atoms with Crippen molar-refractivity contribution < 1.29 is 4.79 Å². The lowest BCUT2D eigenvalue weighted by atomic mass is 10.1. The number of carbonyl (C=O) groups excluding carboxylic acids is 1. The van der Waals surface area contributed by atoms with Crippen LogP contribution in [0.4, 0.5) is 0 Å². The van der Waals surface area contributed by atoms with Crippen molar-refractivity contribution in [1.29, 1.82) is 0 Å². The van der Waals surface area contributed by atoms with E-state index in [2.05, 4.69) is 20.3 Å². The fourth-order valence-corrected chi connectivity index (χ4v) is 1.85. The molecule has 1 amide bonds. The molecule has 0 bridgehead atoms. The molecule has 0 radical (unpaired) electrons. The van der Waals surface area contributed by atoms with Crippen molar-refractivity contribution in [2.24, 2.45) is 5.11 Å². The van der Waals surface area contributed by atoms with Gasteiger partial charge in [-0.2, -0.15) is 0 Å². The highest BCUT2D eigenvalue weighted by Crippen LogP contribution is 2.14. The Hall–Kier alpha value is -2.46. The van der Waals surface area contributed by atoms with Gasteiger partial charge >= 0.3 is 0 Å². The number of rotatable bonds is 6. The number of hydrogen-bond acceptors (Lipinski definition) is 2. The van der Waals surface area contributed by atoms with Crippen molar-refractivity contribution >= 4 is 16.8 Å². The van der Waals surface area contributed by atoms with Crippen LogP contribution < -0.4 is 5.32 Å². The van der Waals surface area contributed by atoms with Gasteiger partial charge in [0.25, 0.3) is 5.91 Å². The van der Waals surface area contributed by atoms with Crippen LogP contribution in [0.2, 0.25) is 0 Å². The summed E-state index contributed by atoms with van der Waals surface area (Å²) in [6, 6.07) is 7.49. The number of H-pyrrole nitrogens is 1. The third-order valence-corrected chi connectivity index (χ3v) is 2.85. The molecule has 0 aliphatic heterocycles. The average molecular weight is 257 g/mol. The zero-order valence-corrected chi connectivity index (χ0v) is 10.5. The lowest BCUT2D eigenvalue weighted by molar-refractivity contribution is 0.0953. The van der Waals surface area contributed by atoms with E-state index in [-0.39, 0.29) is 5.91 Å². The van der Waals surface area contributed by atoms with Crippen LogP contribution in [0.1, 0.15) is 23.2 Å². The number of carbonyl (C=O) groups is 1. The Morgan fingerprint density at radius 3 is 3.11 bits per heavy atom. The maximum atomic E-state index is 11.9. The second-order valence-corrected chi connectivity index (χ2v) is 4.20. The van der Waals surface area contributed by atoms with Crippen LogP contribution in [-0.2, 0) is 0 Å². The van der Waals surface area contributed by atoms with Crippen molar-refractivity contribution in [2.75, 3.05) is 13.1 Å². The molecule has 0 aliphatic carbocycles. The third kappa shape index (κ3) is 3.50. The highest BCUT2D eigenvalue weighted by molar-refractivity contribution is 5.98. The number of benzene rings is 1. The standard InChI is InChI=1S/C13H15N5O/c14-18-17-7-2-1-6-16-13(19)11-3-4-12-10(9-11)5-8-15-12/h3-5,8-9,15H,1-2,6-7H2,(H,16,19). The van der Waals surface area contributed by atoms with Crippen LogP contribution in [-0.4, -0.2) is 24.0 Å². The monoisotopic (exact) mass is 257 g/mol. The van der Waals surface area contributed by atoms with E-state index in [1.165, 1.54) is 0 Å². The van der Waals surface area contributed by atoms with Gasteiger partial charge in [0.15, 0.2) is 0 Å².